The van der Waals surface area contributed by atoms with Crippen molar-refractivity contribution in [2.45, 2.75) is 44.1 Å². The van der Waals surface area contributed by atoms with Crippen molar-refractivity contribution in [1.29, 1.82) is 0 Å². The molecule has 0 aromatic carbocycles. The number of hydrogen-bond donors (Lipinski definition) is 4. The highest BCUT2D eigenvalue weighted by Gasteiger charge is 2.76. The van der Waals surface area contributed by atoms with Crippen molar-refractivity contribution in [3.63, 3.8) is 0 Å². The molecule has 0 spiro atoms. The van der Waals surface area contributed by atoms with Gasteiger partial charge in [0.1, 0.15) is 11.3 Å². The number of rotatable bonds is 8. The van der Waals surface area contributed by atoms with Crippen LogP contribution in [0, 0.1) is 29.1 Å². The molecule has 0 aromatic rings. The van der Waals surface area contributed by atoms with Crippen molar-refractivity contribution >= 4 is 17.9 Å². The highest BCUT2D eigenvalue weighted by atomic mass is 16.4. The average Bonchev–Trinajstić information content (AvgIpc) is 3.23. The van der Waals surface area contributed by atoms with Gasteiger partial charge in [0, 0.05) is 0 Å². The van der Waals surface area contributed by atoms with Gasteiger partial charge in [0.25, 0.3) is 0 Å². The summed E-state index contributed by atoms with van der Waals surface area (Å²) in [6.07, 6.45) is 3.12. The molecular formula is C15H20O7. The first-order chi connectivity index (χ1) is 10.3. The molecular weight excluding hydrogens is 292 g/mol. The molecule has 0 amide bonds. The van der Waals surface area contributed by atoms with Crippen LogP contribution in [0.4, 0.5) is 0 Å². The molecule has 7 heteroatoms. The van der Waals surface area contributed by atoms with E-state index in [4.69, 9.17) is 0 Å². The molecule has 2 unspecified atom stereocenters. The summed E-state index contributed by atoms with van der Waals surface area (Å²) in [5.74, 6) is -7.45. The zero-order valence-electron chi connectivity index (χ0n) is 12.1. The molecule has 0 radical (unpaired) electrons. The second-order valence-corrected chi connectivity index (χ2v) is 6.95. The Balaban J connectivity index is 2.16. The Bertz CT molecular complexity index is 518. The van der Waals surface area contributed by atoms with Crippen LogP contribution < -0.4 is 0 Å². The van der Waals surface area contributed by atoms with E-state index in [0.717, 1.165) is 0 Å². The van der Waals surface area contributed by atoms with Crippen molar-refractivity contribution in [3.05, 3.63) is 0 Å². The predicted molar refractivity (Wildman–Crippen MR) is 72.0 cm³/mol. The fourth-order valence-electron chi connectivity index (χ4n) is 4.26. The lowest BCUT2D eigenvalue weighted by molar-refractivity contribution is -0.213. The molecule has 4 N–H and O–H groups in total. The average molecular weight is 312 g/mol. The zero-order valence-corrected chi connectivity index (χ0v) is 12.1. The van der Waals surface area contributed by atoms with Crippen LogP contribution in [0.2, 0.25) is 0 Å². The second-order valence-electron chi connectivity index (χ2n) is 6.95. The van der Waals surface area contributed by atoms with E-state index < -0.39 is 52.6 Å². The second kappa shape index (κ2) is 4.68. The van der Waals surface area contributed by atoms with E-state index in [0.29, 0.717) is 38.5 Å². The van der Waals surface area contributed by atoms with Crippen LogP contribution in [0.25, 0.3) is 0 Å². The van der Waals surface area contributed by atoms with Gasteiger partial charge < -0.3 is 20.4 Å². The van der Waals surface area contributed by atoms with Crippen LogP contribution in [0.15, 0.2) is 0 Å². The third kappa shape index (κ3) is 1.87. The van der Waals surface area contributed by atoms with Gasteiger partial charge in [-0.1, -0.05) is 0 Å². The highest BCUT2D eigenvalue weighted by molar-refractivity contribution is 5.94. The Morgan fingerprint density at radius 1 is 0.818 bits per heavy atom. The van der Waals surface area contributed by atoms with Gasteiger partial charge in [-0.15, -0.1) is 0 Å². The Labute approximate surface area is 126 Å². The van der Waals surface area contributed by atoms with E-state index >= 15 is 0 Å². The molecule has 122 valence electrons. The number of carboxylic acid groups (broad SMARTS) is 3. The topological polar surface area (TPSA) is 132 Å². The van der Waals surface area contributed by atoms with Crippen molar-refractivity contribution in [3.8, 4) is 0 Å². The fraction of sp³-hybridized carbons (Fsp3) is 0.800. The maximum Gasteiger partial charge on any atom is 0.337 e. The molecule has 0 saturated heterocycles. The quantitative estimate of drug-likeness (QED) is 0.521. The third-order valence-electron chi connectivity index (χ3n) is 5.56. The standard InChI is InChI=1S/C15H20O7/c16-11(17)10(7-1-2-7)15(22,13(20)21)14(12(18)19,8-3-4-8)9-5-6-9/h7-10,22H,1-6H2,(H,16,17)(H,18,19)(H,20,21). The van der Waals surface area contributed by atoms with Gasteiger partial charge in [0.15, 0.2) is 5.60 Å². The molecule has 3 saturated carbocycles. The van der Waals surface area contributed by atoms with Gasteiger partial charge in [0.2, 0.25) is 0 Å². The van der Waals surface area contributed by atoms with Crippen molar-refractivity contribution in [2.24, 2.45) is 29.1 Å². The Morgan fingerprint density at radius 2 is 1.27 bits per heavy atom. The number of aliphatic hydroxyl groups is 1. The molecule has 0 aromatic heterocycles. The Kier molecular flexibility index (Phi) is 3.25. The molecule has 0 bridgehead atoms. The number of carbonyl (C=O) groups is 3. The first-order valence-electron chi connectivity index (χ1n) is 7.69. The van der Waals surface area contributed by atoms with Gasteiger partial charge in [-0.25, -0.2) is 4.79 Å². The summed E-state index contributed by atoms with van der Waals surface area (Å²) in [7, 11) is 0. The van der Waals surface area contributed by atoms with E-state index in [-0.39, 0.29) is 0 Å². The van der Waals surface area contributed by atoms with Crippen LogP contribution in [0.1, 0.15) is 38.5 Å². The molecule has 22 heavy (non-hydrogen) atoms. The summed E-state index contributed by atoms with van der Waals surface area (Å²) in [6, 6.07) is 0. The summed E-state index contributed by atoms with van der Waals surface area (Å²) in [4.78, 5) is 35.7. The first-order valence-corrected chi connectivity index (χ1v) is 7.69. The molecule has 3 aliphatic rings. The van der Waals surface area contributed by atoms with Crippen LogP contribution >= 0.6 is 0 Å². The van der Waals surface area contributed by atoms with Crippen molar-refractivity contribution < 1.29 is 34.8 Å². The van der Waals surface area contributed by atoms with Crippen LogP contribution in [-0.4, -0.2) is 43.9 Å². The Hall–Kier alpha value is -1.63. The van der Waals surface area contributed by atoms with E-state index in [9.17, 15) is 34.8 Å². The largest absolute Gasteiger partial charge is 0.481 e. The molecule has 0 heterocycles. The minimum atomic E-state index is -2.76. The minimum Gasteiger partial charge on any atom is -0.481 e. The summed E-state index contributed by atoms with van der Waals surface area (Å²) in [5, 5.41) is 40.1. The summed E-state index contributed by atoms with van der Waals surface area (Å²) in [6.45, 7) is 0. The predicted octanol–water partition coefficient (Wildman–Crippen LogP) is 0.804. The smallest absolute Gasteiger partial charge is 0.337 e. The SMILES string of the molecule is O=C(O)C(C1CC1)C(O)(C(=O)O)C(C(=O)O)(C1CC1)C1CC1. The van der Waals surface area contributed by atoms with Crippen LogP contribution in [0.5, 0.6) is 0 Å². The lowest BCUT2D eigenvalue weighted by atomic mass is 9.58. The van der Waals surface area contributed by atoms with Crippen molar-refractivity contribution in [2.75, 3.05) is 0 Å². The van der Waals surface area contributed by atoms with E-state index in [1.807, 2.05) is 0 Å². The summed E-state index contributed by atoms with van der Waals surface area (Å²) < 4.78 is 0. The number of carboxylic acids is 3. The van der Waals surface area contributed by atoms with Gasteiger partial charge in [-0.3, -0.25) is 9.59 Å². The number of aliphatic carboxylic acids is 3. The van der Waals surface area contributed by atoms with Gasteiger partial charge >= 0.3 is 17.9 Å². The van der Waals surface area contributed by atoms with E-state index in [1.165, 1.54) is 0 Å². The molecule has 2 atom stereocenters. The molecule has 3 fully saturated rings. The minimum absolute atomic E-state index is 0.459. The maximum atomic E-state index is 12.1. The molecule has 0 aliphatic heterocycles. The third-order valence-corrected chi connectivity index (χ3v) is 5.56. The monoisotopic (exact) mass is 312 g/mol. The molecule has 7 nitrogen and oxygen atoms in total. The summed E-state index contributed by atoms with van der Waals surface area (Å²) in [5.41, 5.74) is -4.64. The van der Waals surface area contributed by atoms with Gasteiger partial charge in [-0.05, 0) is 56.3 Å². The molecule has 3 rings (SSSR count). The van der Waals surface area contributed by atoms with Gasteiger partial charge in [-0.2, -0.15) is 0 Å². The van der Waals surface area contributed by atoms with E-state index in [2.05, 4.69) is 0 Å². The normalized spacial score (nSPS) is 26.0. The van der Waals surface area contributed by atoms with Crippen LogP contribution in [0.3, 0.4) is 0 Å². The molecule has 3 aliphatic carbocycles. The number of hydrogen-bond acceptors (Lipinski definition) is 4. The fourth-order valence-corrected chi connectivity index (χ4v) is 4.26. The highest BCUT2D eigenvalue weighted by Crippen LogP contribution is 2.66. The van der Waals surface area contributed by atoms with E-state index in [1.54, 1.807) is 0 Å². The van der Waals surface area contributed by atoms with Crippen molar-refractivity contribution in [1.82, 2.24) is 0 Å². The lowest BCUT2D eigenvalue weighted by Gasteiger charge is -2.45. The van der Waals surface area contributed by atoms with Crippen LogP contribution in [-0.2, 0) is 14.4 Å². The first kappa shape index (κ1) is 15.3. The zero-order chi connectivity index (χ0) is 16.3. The lowest BCUT2D eigenvalue weighted by Crippen LogP contribution is -2.66. The maximum absolute atomic E-state index is 12.1. The van der Waals surface area contributed by atoms with Gasteiger partial charge in [0.05, 0.1) is 0 Å². The summed E-state index contributed by atoms with van der Waals surface area (Å²) >= 11 is 0. The Morgan fingerprint density at radius 3 is 1.50 bits per heavy atom.